The quantitative estimate of drug-likeness (QED) is 0.779. The number of allylic oxidation sites excluding steroid dienone is 2. The molecule has 1 aromatic carbocycles. The molecule has 0 aromatic heterocycles. The fraction of sp³-hybridized carbons (Fsp3) is 0.286. The van der Waals surface area contributed by atoms with E-state index in [0.717, 1.165) is 12.2 Å². The standard InChI is InChI=1S/C14H12F6N2/c15-13(16,17)12(14(18,19)20)9(6-7-10(21)11(12)22)8-4-2-1-3-5-8/h1-7,11H,21-22H2. The molecule has 2 nitrogen and oxygen atoms in total. The minimum absolute atomic E-state index is 0.212. The van der Waals surface area contributed by atoms with Crippen molar-refractivity contribution in [3.8, 4) is 0 Å². The molecule has 1 aromatic rings. The Bertz CT molecular complexity index is 598. The van der Waals surface area contributed by atoms with Crippen molar-refractivity contribution in [2.75, 3.05) is 0 Å². The van der Waals surface area contributed by atoms with Crippen LogP contribution < -0.4 is 11.5 Å². The smallest absolute Gasteiger partial charge is 0.401 e. The van der Waals surface area contributed by atoms with Gasteiger partial charge in [-0.15, -0.1) is 0 Å². The van der Waals surface area contributed by atoms with E-state index in [-0.39, 0.29) is 5.56 Å². The summed E-state index contributed by atoms with van der Waals surface area (Å²) in [4.78, 5) is 0. The van der Waals surface area contributed by atoms with Crippen LogP contribution in [0.15, 0.2) is 48.2 Å². The molecule has 1 aliphatic carbocycles. The van der Waals surface area contributed by atoms with Gasteiger partial charge in [-0.05, 0) is 17.2 Å². The van der Waals surface area contributed by atoms with Crippen LogP contribution in [-0.4, -0.2) is 18.4 Å². The molecule has 0 spiro atoms. The molecule has 120 valence electrons. The van der Waals surface area contributed by atoms with Crippen molar-refractivity contribution in [3.63, 3.8) is 0 Å². The van der Waals surface area contributed by atoms with Crippen molar-refractivity contribution in [1.82, 2.24) is 0 Å². The fourth-order valence-electron chi connectivity index (χ4n) is 2.59. The third-order valence-electron chi connectivity index (χ3n) is 3.67. The minimum atomic E-state index is -5.66. The largest absolute Gasteiger partial charge is 0.409 e. The molecule has 0 saturated heterocycles. The monoisotopic (exact) mass is 322 g/mol. The molecule has 0 aliphatic heterocycles. The average Bonchev–Trinajstić information content (AvgIpc) is 2.39. The number of rotatable bonds is 1. The predicted octanol–water partition coefficient (Wildman–Crippen LogP) is 3.36. The highest BCUT2D eigenvalue weighted by molar-refractivity contribution is 5.76. The Morgan fingerprint density at radius 1 is 0.864 bits per heavy atom. The molecule has 0 fully saturated rings. The van der Waals surface area contributed by atoms with Crippen LogP contribution in [0.4, 0.5) is 26.3 Å². The summed E-state index contributed by atoms with van der Waals surface area (Å²) < 4.78 is 81.2. The Kier molecular flexibility index (Phi) is 3.76. The first-order valence-electron chi connectivity index (χ1n) is 6.15. The van der Waals surface area contributed by atoms with Crippen molar-refractivity contribution >= 4 is 5.57 Å². The van der Waals surface area contributed by atoms with Gasteiger partial charge in [0.2, 0.25) is 5.41 Å². The Balaban J connectivity index is 2.82. The van der Waals surface area contributed by atoms with Crippen LogP contribution in [0.3, 0.4) is 0 Å². The Morgan fingerprint density at radius 2 is 1.36 bits per heavy atom. The van der Waals surface area contributed by atoms with E-state index in [2.05, 4.69) is 0 Å². The lowest BCUT2D eigenvalue weighted by Gasteiger charge is -2.45. The highest BCUT2D eigenvalue weighted by Crippen LogP contribution is 2.61. The van der Waals surface area contributed by atoms with Gasteiger partial charge >= 0.3 is 12.4 Å². The van der Waals surface area contributed by atoms with Gasteiger partial charge < -0.3 is 11.5 Å². The molecule has 8 heteroatoms. The van der Waals surface area contributed by atoms with Crippen molar-refractivity contribution < 1.29 is 26.3 Å². The Hall–Kier alpha value is -1.96. The number of nitrogens with two attached hydrogens (primary N) is 2. The highest BCUT2D eigenvalue weighted by Gasteiger charge is 2.76. The molecule has 0 bridgehead atoms. The molecule has 2 rings (SSSR count). The van der Waals surface area contributed by atoms with E-state index in [1.165, 1.54) is 30.3 Å². The molecule has 0 heterocycles. The highest BCUT2D eigenvalue weighted by atomic mass is 19.4. The zero-order valence-corrected chi connectivity index (χ0v) is 11.0. The van der Waals surface area contributed by atoms with Crippen molar-refractivity contribution in [2.24, 2.45) is 16.9 Å². The molecular weight excluding hydrogens is 310 g/mol. The lowest BCUT2D eigenvalue weighted by Crippen LogP contribution is -2.63. The van der Waals surface area contributed by atoms with Gasteiger partial charge in [0.1, 0.15) is 0 Å². The van der Waals surface area contributed by atoms with Crippen molar-refractivity contribution in [2.45, 2.75) is 18.4 Å². The van der Waals surface area contributed by atoms with Crippen molar-refractivity contribution in [3.05, 3.63) is 53.7 Å². The summed E-state index contributed by atoms with van der Waals surface area (Å²) in [6, 6.07) is 4.06. The first-order chi connectivity index (χ1) is 10.0. The first-order valence-corrected chi connectivity index (χ1v) is 6.15. The van der Waals surface area contributed by atoms with Gasteiger partial charge in [0.25, 0.3) is 0 Å². The summed E-state index contributed by atoms with van der Waals surface area (Å²) in [5.74, 6) is 0. The van der Waals surface area contributed by atoms with Gasteiger partial charge in [0.05, 0.1) is 6.04 Å². The van der Waals surface area contributed by atoms with E-state index in [1.807, 2.05) is 0 Å². The normalized spacial score (nSPS) is 22.0. The maximum absolute atomic E-state index is 13.5. The van der Waals surface area contributed by atoms with Crippen LogP contribution in [0.1, 0.15) is 5.56 Å². The summed E-state index contributed by atoms with van der Waals surface area (Å²) >= 11 is 0. The summed E-state index contributed by atoms with van der Waals surface area (Å²) in [6.45, 7) is 0. The second-order valence-corrected chi connectivity index (χ2v) is 4.89. The maximum atomic E-state index is 13.5. The number of alkyl halides is 6. The summed E-state index contributed by atoms with van der Waals surface area (Å²) in [6.07, 6.45) is -9.62. The van der Waals surface area contributed by atoms with E-state index in [1.54, 1.807) is 0 Å². The van der Waals surface area contributed by atoms with Crippen LogP contribution in [0.25, 0.3) is 5.57 Å². The van der Waals surface area contributed by atoms with Crippen molar-refractivity contribution in [1.29, 1.82) is 0 Å². The predicted molar refractivity (Wildman–Crippen MR) is 69.2 cm³/mol. The second kappa shape index (κ2) is 5.05. The number of benzene rings is 1. The van der Waals surface area contributed by atoms with Crippen LogP contribution in [0, 0.1) is 5.41 Å². The minimum Gasteiger partial charge on any atom is -0.401 e. The zero-order chi connectivity index (χ0) is 16.8. The van der Waals surface area contributed by atoms with Gasteiger partial charge in [-0.3, -0.25) is 0 Å². The molecule has 1 unspecified atom stereocenters. The van der Waals surface area contributed by atoms with E-state index in [4.69, 9.17) is 11.5 Å². The SMILES string of the molecule is NC1=CC=C(c2ccccc2)C(C(F)(F)F)(C(F)(F)F)C1N. The van der Waals surface area contributed by atoms with Crippen LogP contribution >= 0.6 is 0 Å². The molecule has 4 N–H and O–H groups in total. The molecule has 1 atom stereocenters. The summed E-state index contributed by atoms with van der Waals surface area (Å²) in [7, 11) is 0. The molecule has 1 aliphatic rings. The van der Waals surface area contributed by atoms with E-state index in [0.29, 0.717) is 0 Å². The fourth-order valence-corrected chi connectivity index (χ4v) is 2.59. The van der Waals surface area contributed by atoms with Crippen LogP contribution in [0.5, 0.6) is 0 Å². The van der Waals surface area contributed by atoms with Crippen LogP contribution in [-0.2, 0) is 0 Å². The van der Waals surface area contributed by atoms with Crippen LogP contribution in [0.2, 0.25) is 0 Å². The molecule has 0 radical (unpaired) electrons. The number of hydrogen-bond acceptors (Lipinski definition) is 2. The van der Waals surface area contributed by atoms with Gasteiger partial charge in [-0.1, -0.05) is 36.4 Å². The topological polar surface area (TPSA) is 52.0 Å². The number of halogens is 6. The summed E-state index contributed by atoms with van der Waals surface area (Å²) in [5.41, 5.74) is 4.47. The van der Waals surface area contributed by atoms with E-state index in [9.17, 15) is 26.3 Å². The van der Waals surface area contributed by atoms with E-state index < -0.39 is 35.1 Å². The lowest BCUT2D eigenvalue weighted by molar-refractivity contribution is -0.320. The third kappa shape index (κ3) is 2.18. The molecule has 0 saturated carbocycles. The van der Waals surface area contributed by atoms with Gasteiger partial charge in [0, 0.05) is 5.70 Å². The van der Waals surface area contributed by atoms with Gasteiger partial charge in [0.15, 0.2) is 0 Å². The summed E-state index contributed by atoms with van der Waals surface area (Å²) in [5, 5.41) is 0. The zero-order valence-electron chi connectivity index (χ0n) is 11.0. The third-order valence-corrected chi connectivity index (χ3v) is 3.67. The molecule has 0 amide bonds. The lowest BCUT2D eigenvalue weighted by atomic mass is 9.66. The second-order valence-electron chi connectivity index (χ2n) is 4.89. The Labute approximate surface area is 122 Å². The van der Waals surface area contributed by atoms with Gasteiger partial charge in [-0.2, -0.15) is 26.3 Å². The molecule has 22 heavy (non-hydrogen) atoms. The molecular formula is C14H12F6N2. The van der Waals surface area contributed by atoms with E-state index >= 15 is 0 Å². The van der Waals surface area contributed by atoms with Gasteiger partial charge in [-0.25, -0.2) is 0 Å². The average molecular weight is 322 g/mol. The Morgan fingerprint density at radius 3 is 1.82 bits per heavy atom. The number of hydrogen-bond donors (Lipinski definition) is 2. The maximum Gasteiger partial charge on any atom is 0.409 e. The first kappa shape index (κ1) is 16.4.